The van der Waals surface area contributed by atoms with Gasteiger partial charge in [0.25, 0.3) is 0 Å². The van der Waals surface area contributed by atoms with Crippen molar-refractivity contribution in [1.82, 2.24) is 0 Å². The van der Waals surface area contributed by atoms with E-state index in [1.165, 1.54) is 128 Å². The number of esters is 3. The van der Waals surface area contributed by atoms with Crippen molar-refractivity contribution in [3.8, 4) is 0 Å². The predicted molar refractivity (Wildman–Crippen MR) is 316 cm³/mol. The summed E-state index contributed by atoms with van der Waals surface area (Å²) in [6.07, 6.45) is 81.3. The molecule has 0 bridgehead atoms. The highest BCUT2D eigenvalue weighted by Crippen LogP contribution is 2.16. The highest BCUT2D eigenvalue weighted by Gasteiger charge is 2.19. The second kappa shape index (κ2) is 60.9. The van der Waals surface area contributed by atoms with Gasteiger partial charge in [0.2, 0.25) is 0 Å². The van der Waals surface area contributed by atoms with Gasteiger partial charge in [0.1, 0.15) is 13.2 Å². The Morgan fingerprint density at radius 3 is 0.863 bits per heavy atom. The van der Waals surface area contributed by atoms with E-state index in [0.29, 0.717) is 19.3 Å². The molecule has 0 rings (SSSR count). The molecule has 0 saturated carbocycles. The van der Waals surface area contributed by atoms with Gasteiger partial charge in [-0.15, -0.1) is 0 Å². The summed E-state index contributed by atoms with van der Waals surface area (Å²) in [5.74, 6) is -0.922. The summed E-state index contributed by atoms with van der Waals surface area (Å²) in [6, 6.07) is 0. The van der Waals surface area contributed by atoms with E-state index in [9.17, 15) is 14.4 Å². The molecule has 0 aromatic rings. The lowest BCUT2D eigenvalue weighted by Crippen LogP contribution is -2.30. The molecule has 6 nitrogen and oxygen atoms in total. The molecule has 0 radical (unpaired) electrons. The third-order valence-corrected chi connectivity index (χ3v) is 13.1. The van der Waals surface area contributed by atoms with Crippen LogP contribution < -0.4 is 0 Å². The van der Waals surface area contributed by atoms with Gasteiger partial charge in [-0.05, 0) is 116 Å². The van der Waals surface area contributed by atoms with Crippen LogP contribution in [0.1, 0.15) is 290 Å². The second-order valence-electron chi connectivity index (χ2n) is 20.2. The maximum absolute atomic E-state index is 12.9. The number of ether oxygens (including phenoxy) is 3. The number of hydrogen-bond acceptors (Lipinski definition) is 6. The van der Waals surface area contributed by atoms with Crippen LogP contribution in [0.2, 0.25) is 0 Å². The molecule has 0 fully saturated rings. The van der Waals surface area contributed by atoms with Gasteiger partial charge in [0, 0.05) is 19.3 Å². The first-order valence-corrected chi connectivity index (χ1v) is 30.7. The van der Waals surface area contributed by atoms with E-state index in [2.05, 4.69) is 118 Å². The molecule has 0 aromatic carbocycles. The van der Waals surface area contributed by atoms with Crippen molar-refractivity contribution in [2.45, 2.75) is 297 Å². The third kappa shape index (κ3) is 59.1. The van der Waals surface area contributed by atoms with E-state index < -0.39 is 6.10 Å². The molecule has 1 atom stereocenters. The Morgan fingerprint density at radius 2 is 0.534 bits per heavy atom. The van der Waals surface area contributed by atoms with Crippen LogP contribution in [-0.2, 0) is 28.6 Å². The summed E-state index contributed by atoms with van der Waals surface area (Å²) in [4.78, 5) is 38.2. The molecule has 418 valence electrons. The van der Waals surface area contributed by atoms with Crippen molar-refractivity contribution in [3.05, 3.63) is 97.2 Å². The van der Waals surface area contributed by atoms with Crippen molar-refractivity contribution in [2.75, 3.05) is 13.2 Å². The highest BCUT2D eigenvalue weighted by molar-refractivity contribution is 5.71. The SMILES string of the molecule is CC/C=C\C/C=C\C/C=C\C/C=C\CCCCCCCCCCCCCCCCC(=O)OCC(COC(=O)CCCCC/C=C\C/C=C\C/C=C\CC)OC(=O)CCCCCCC/C=C\CCCCCCCC. The Hall–Kier alpha value is -3.67. The van der Waals surface area contributed by atoms with Gasteiger partial charge < -0.3 is 14.2 Å². The highest BCUT2D eigenvalue weighted by atomic mass is 16.6. The molecule has 0 spiro atoms. The maximum atomic E-state index is 12.9. The largest absolute Gasteiger partial charge is 0.462 e. The number of rotatable bonds is 55. The lowest BCUT2D eigenvalue weighted by Gasteiger charge is -2.18. The van der Waals surface area contributed by atoms with Gasteiger partial charge in [0.15, 0.2) is 6.10 Å². The number of allylic oxidation sites excluding steroid dienone is 16. The zero-order chi connectivity index (χ0) is 52.9. The van der Waals surface area contributed by atoms with E-state index in [4.69, 9.17) is 14.2 Å². The Balaban J connectivity index is 4.27. The summed E-state index contributed by atoms with van der Waals surface area (Å²) < 4.78 is 16.9. The normalized spacial score (nSPS) is 12.8. The zero-order valence-corrected chi connectivity index (χ0v) is 47.9. The van der Waals surface area contributed by atoms with Crippen LogP contribution in [0.5, 0.6) is 0 Å². The lowest BCUT2D eigenvalue weighted by molar-refractivity contribution is -0.167. The van der Waals surface area contributed by atoms with Crippen LogP contribution in [0.25, 0.3) is 0 Å². The van der Waals surface area contributed by atoms with Gasteiger partial charge in [0.05, 0.1) is 0 Å². The molecule has 0 aliphatic carbocycles. The van der Waals surface area contributed by atoms with E-state index in [1.54, 1.807) is 0 Å². The summed E-state index contributed by atoms with van der Waals surface area (Å²) in [5, 5.41) is 0. The fourth-order valence-electron chi connectivity index (χ4n) is 8.50. The standard InChI is InChI=1S/C67H114O6/c1-4-7-10-13-16-19-22-25-27-28-29-30-31-32-33-34-35-36-37-38-40-42-45-48-51-54-57-60-66(69)72-63-64(62-71-65(68)59-56-53-50-47-44-41-24-21-18-15-12-9-6-3)73-67(70)61-58-55-52-49-46-43-39-26-23-20-17-14-11-8-5-2/h7,9-10,12,16,18-19,21,25-27,29-30,39,41,44,64H,4-6,8,11,13-15,17,20,22-24,28,31-38,40,42-43,45-63H2,1-3H3/b10-7-,12-9-,19-16-,21-18-,27-25-,30-29-,39-26-,44-41-. The van der Waals surface area contributed by atoms with Crippen LogP contribution in [0, 0.1) is 0 Å². The Morgan fingerprint density at radius 1 is 0.288 bits per heavy atom. The van der Waals surface area contributed by atoms with Crippen molar-refractivity contribution >= 4 is 17.9 Å². The smallest absolute Gasteiger partial charge is 0.306 e. The average molecular weight is 1020 g/mol. The van der Waals surface area contributed by atoms with Crippen LogP contribution >= 0.6 is 0 Å². The molecule has 0 heterocycles. The number of carbonyl (C=O) groups excluding carboxylic acids is 3. The fraction of sp³-hybridized carbons (Fsp3) is 0.716. The Labute approximate surface area is 451 Å². The average Bonchev–Trinajstić information content (AvgIpc) is 3.39. The molecule has 1 unspecified atom stereocenters. The molecular weight excluding hydrogens is 901 g/mol. The molecule has 0 saturated heterocycles. The third-order valence-electron chi connectivity index (χ3n) is 13.1. The van der Waals surface area contributed by atoms with Crippen molar-refractivity contribution in [3.63, 3.8) is 0 Å². The van der Waals surface area contributed by atoms with Gasteiger partial charge >= 0.3 is 17.9 Å². The van der Waals surface area contributed by atoms with Gasteiger partial charge in [-0.2, -0.15) is 0 Å². The Bertz CT molecular complexity index is 1440. The van der Waals surface area contributed by atoms with Gasteiger partial charge in [-0.1, -0.05) is 253 Å². The second-order valence-corrected chi connectivity index (χ2v) is 20.2. The number of hydrogen-bond donors (Lipinski definition) is 0. The van der Waals surface area contributed by atoms with Crippen LogP contribution in [0.3, 0.4) is 0 Å². The van der Waals surface area contributed by atoms with Gasteiger partial charge in [-0.25, -0.2) is 0 Å². The fourth-order valence-corrected chi connectivity index (χ4v) is 8.50. The van der Waals surface area contributed by atoms with Crippen molar-refractivity contribution < 1.29 is 28.6 Å². The van der Waals surface area contributed by atoms with E-state index >= 15 is 0 Å². The topological polar surface area (TPSA) is 78.9 Å². The first kappa shape index (κ1) is 69.3. The number of unbranched alkanes of at least 4 members (excludes halogenated alkanes) is 28. The molecule has 73 heavy (non-hydrogen) atoms. The predicted octanol–water partition coefficient (Wildman–Crippen LogP) is 20.9. The molecule has 0 aliphatic heterocycles. The molecule has 0 aromatic heterocycles. The van der Waals surface area contributed by atoms with Crippen molar-refractivity contribution in [2.24, 2.45) is 0 Å². The first-order chi connectivity index (χ1) is 36.0. The molecule has 0 aliphatic rings. The van der Waals surface area contributed by atoms with E-state index in [1.807, 2.05) is 0 Å². The first-order valence-electron chi connectivity index (χ1n) is 30.7. The van der Waals surface area contributed by atoms with Gasteiger partial charge in [-0.3, -0.25) is 14.4 Å². The zero-order valence-electron chi connectivity index (χ0n) is 47.9. The van der Waals surface area contributed by atoms with Crippen molar-refractivity contribution in [1.29, 1.82) is 0 Å². The molecule has 0 amide bonds. The monoisotopic (exact) mass is 1010 g/mol. The summed E-state index contributed by atoms with van der Waals surface area (Å²) >= 11 is 0. The molecule has 6 heteroatoms. The summed E-state index contributed by atoms with van der Waals surface area (Å²) in [5.41, 5.74) is 0. The van der Waals surface area contributed by atoms with Crippen LogP contribution in [-0.4, -0.2) is 37.2 Å². The minimum Gasteiger partial charge on any atom is -0.462 e. The number of carbonyl (C=O) groups is 3. The van der Waals surface area contributed by atoms with Crippen LogP contribution in [0.4, 0.5) is 0 Å². The quantitative estimate of drug-likeness (QED) is 0.0261. The minimum atomic E-state index is -0.794. The molecular formula is C67H114O6. The molecule has 0 N–H and O–H groups in total. The van der Waals surface area contributed by atoms with Crippen LogP contribution in [0.15, 0.2) is 97.2 Å². The maximum Gasteiger partial charge on any atom is 0.306 e. The van der Waals surface area contributed by atoms with E-state index in [-0.39, 0.29) is 31.1 Å². The summed E-state index contributed by atoms with van der Waals surface area (Å²) in [7, 11) is 0. The Kier molecular flexibility index (Phi) is 57.8. The summed E-state index contributed by atoms with van der Waals surface area (Å²) in [6.45, 7) is 6.39. The lowest BCUT2D eigenvalue weighted by atomic mass is 10.0. The van der Waals surface area contributed by atoms with E-state index in [0.717, 1.165) is 122 Å². The minimum absolute atomic E-state index is 0.0894.